The zero-order chi connectivity index (χ0) is 23.9. The highest BCUT2D eigenvalue weighted by molar-refractivity contribution is 6.03. The fourth-order valence-electron chi connectivity index (χ4n) is 6.47. The number of likely N-dealkylation sites (tertiary alicyclic amines) is 2. The molecular weight excluding hydrogens is 400 g/mol. The predicted octanol–water partition coefficient (Wildman–Crippen LogP) is 6.24. The van der Waals surface area contributed by atoms with E-state index in [9.17, 15) is 14.4 Å². The lowest BCUT2D eigenvalue weighted by molar-refractivity contribution is -0.155. The van der Waals surface area contributed by atoms with E-state index in [0.717, 1.165) is 19.3 Å². The molecule has 184 valence electrons. The van der Waals surface area contributed by atoms with Crippen LogP contribution in [0.25, 0.3) is 0 Å². The molecule has 0 aromatic rings. The van der Waals surface area contributed by atoms with Crippen LogP contribution in [-0.2, 0) is 14.4 Å². The van der Waals surface area contributed by atoms with Crippen molar-refractivity contribution < 1.29 is 14.4 Å². The topological polar surface area (TPSA) is 57.7 Å². The molecule has 5 nitrogen and oxygen atoms in total. The minimum absolute atomic E-state index is 0.0139. The highest BCUT2D eigenvalue weighted by Crippen LogP contribution is 2.42. The second-order valence-electron chi connectivity index (χ2n) is 11.5. The molecule has 2 rings (SSSR count). The Balaban J connectivity index is 1.80. The molecule has 2 heterocycles. The number of nitrogens with zero attached hydrogens (tertiary/aromatic N) is 2. The van der Waals surface area contributed by atoms with Gasteiger partial charge in [-0.15, -0.1) is 0 Å². The van der Waals surface area contributed by atoms with Crippen LogP contribution in [0.5, 0.6) is 0 Å². The first-order chi connectivity index (χ1) is 15.0. The molecule has 32 heavy (non-hydrogen) atoms. The SMILES string of the molecule is CCCCCCCCCCCCC1CC(=O)N(C2CC(C)(C)N(C(C)=O)C(C)(C)C2)C1=O. The Kier molecular flexibility index (Phi) is 9.78. The maximum Gasteiger partial charge on any atom is 0.233 e. The normalized spacial score (nSPS) is 23.2. The van der Waals surface area contributed by atoms with E-state index in [1.54, 1.807) is 11.8 Å². The average molecular weight is 449 g/mol. The van der Waals surface area contributed by atoms with Crippen LogP contribution >= 0.6 is 0 Å². The number of carbonyl (C=O) groups is 3. The smallest absolute Gasteiger partial charge is 0.233 e. The first-order valence-corrected chi connectivity index (χ1v) is 13.2. The van der Waals surface area contributed by atoms with Crippen molar-refractivity contribution in [2.45, 2.75) is 149 Å². The summed E-state index contributed by atoms with van der Waals surface area (Å²) in [6, 6.07) is -0.117. The molecule has 0 saturated carbocycles. The van der Waals surface area contributed by atoms with Crippen LogP contribution in [0.1, 0.15) is 131 Å². The molecule has 2 aliphatic rings. The number of imide groups is 1. The summed E-state index contributed by atoms with van der Waals surface area (Å²) in [4.78, 5) is 41.8. The summed E-state index contributed by atoms with van der Waals surface area (Å²) >= 11 is 0. The zero-order valence-corrected chi connectivity index (χ0v) is 21.7. The van der Waals surface area contributed by atoms with Crippen LogP contribution in [0.4, 0.5) is 0 Å². The maximum absolute atomic E-state index is 13.2. The van der Waals surface area contributed by atoms with Gasteiger partial charge in [-0.1, -0.05) is 71.1 Å². The van der Waals surface area contributed by atoms with Gasteiger partial charge in [0.05, 0.1) is 0 Å². The molecule has 5 heteroatoms. The van der Waals surface area contributed by atoms with E-state index in [0.29, 0.717) is 19.3 Å². The minimum Gasteiger partial charge on any atom is -0.333 e. The Morgan fingerprint density at radius 1 is 0.844 bits per heavy atom. The number of carbonyl (C=O) groups excluding carboxylic acids is 3. The van der Waals surface area contributed by atoms with Gasteiger partial charge in [0, 0.05) is 36.4 Å². The highest BCUT2D eigenvalue weighted by Gasteiger charge is 2.52. The molecule has 0 aromatic heterocycles. The molecule has 0 spiro atoms. The molecule has 2 aliphatic heterocycles. The van der Waals surface area contributed by atoms with Gasteiger partial charge in [0.15, 0.2) is 0 Å². The van der Waals surface area contributed by atoms with E-state index >= 15 is 0 Å². The quantitative estimate of drug-likeness (QED) is 0.262. The van der Waals surface area contributed by atoms with Crippen LogP contribution in [0.3, 0.4) is 0 Å². The number of unbranched alkanes of at least 4 members (excludes halogenated alkanes) is 9. The maximum atomic E-state index is 13.2. The van der Waals surface area contributed by atoms with Crippen molar-refractivity contribution in [3.05, 3.63) is 0 Å². The second-order valence-corrected chi connectivity index (χ2v) is 11.5. The minimum atomic E-state index is -0.382. The van der Waals surface area contributed by atoms with E-state index in [4.69, 9.17) is 0 Å². The fourth-order valence-corrected chi connectivity index (χ4v) is 6.47. The first kappa shape index (κ1) is 26.9. The van der Waals surface area contributed by atoms with Crippen LogP contribution in [0, 0.1) is 5.92 Å². The standard InChI is InChI=1S/C27H48N2O3/c1-7-8-9-10-11-12-13-14-15-16-17-22-18-24(31)28(25(22)32)23-19-26(3,4)29(21(2)30)27(5,6)20-23/h22-23H,7-20H2,1-6H3. The Morgan fingerprint density at radius 2 is 1.31 bits per heavy atom. The monoisotopic (exact) mass is 448 g/mol. The molecule has 1 atom stereocenters. The molecule has 2 fully saturated rings. The summed E-state index contributed by atoms with van der Waals surface area (Å²) in [5.41, 5.74) is -0.763. The van der Waals surface area contributed by atoms with Crippen molar-refractivity contribution >= 4 is 17.7 Å². The second kappa shape index (κ2) is 11.7. The number of piperidine rings is 1. The van der Waals surface area contributed by atoms with E-state index < -0.39 is 0 Å². The van der Waals surface area contributed by atoms with Crippen molar-refractivity contribution in [3.8, 4) is 0 Å². The Hall–Kier alpha value is -1.39. The Bertz CT molecular complexity index is 637. The van der Waals surface area contributed by atoms with Crippen LogP contribution in [-0.4, -0.2) is 44.6 Å². The van der Waals surface area contributed by atoms with Crippen molar-refractivity contribution in [2.24, 2.45) is 5.92 Å². The molecule has 0 radical (unpaired) electrons. The van der Waals surface area contributed by atoms with Gasteiger partial charge in [0.2, 0.25) is 17.7 Å². The van der Waals surface area contributed by atoms with Crippen LogP contribution in [0.15, 0.2) is 0 Å². The van der Waals surface area contributed by atoms with Crippen LogP contribution < -0.4 is 0 Å². The van der Waals surface area contributed by atoms with Crippen molar-refractivity contribution in [3.63, 3.8) is 0 Å². The Labute approximate surface area is 196 Å². The number of rotatable bonds is 12. The van der Waals surface area contributed by atoms with Gasteiger partial charge in [-0.05, 0) is 47.0 Å². The lowest BCUT2D eigenvalue weighted by Gasteiger charge is -2.56. The van der Waals surface area contributed by atoms with Gasteiger partial charge < -0.3 is 4.90 Å². The summed E-state index contributed by atoms with van der Waals surface area (Å²) in [7, 11) is 0. The largest absolute Gasteiger partial charge is 0.333 e. The zero-order valence-electron chi connectivity index (χ0n) is 21.7. The van der Waals surface area contributed by atoms with Gasteiger partial charge >= 0.3 is 0 Å². The van der Waals surface area contributed by atoms with E-state index in [2.05, 4.69) is 34.6 Å². The predicted molar refractivity (Wildman–Crippen MR) is 130 cm³/mol. The summed E-state index contributed by atoms with van der Waals surface area (Å²) in [5, 5.41) is 0. The highest BCUT2D eigenvalue weighted by atomic mass is 16.2. The van der Waals surface area contributed by atoms with Gasteiger partial charge in [0.25, 0.3) is 0 Å². The fraction of sp³-hybridized carbons (Fsp3) is 0.889. The summed E-state index contributed by atoms with van der Waals surface area (Å²) < 4.78 is 0. The van der Waals surface area contributed by atoms with Crippen molar-refractivity contribution in [1.82, 2.24) is 9.80 Å². The first-order valence-electron chi connectivity index (χ1n) is 13.2. The summed E-state index contributed by atoms with van der Waals surface area (Å²) in [5.74, 6) is -0.0799. The summed E-state index contributed by atoms with van der Waals surface area (Å²) in [6.07, 6.45) is 15.3. The third kappa shape index (κ3) is 6.81. The molecule has 0 aliphatic carbocycles. The summed E-state index contributed by atoms with van der Waals surface area (Å²) in [6.45, 7) is 12.1. The molecule has 1 unspecified atom stereocenters. The third-order valence-corrected chi connectivity index (χ3v) is 7.54. The van der Waals surface area contributed by atoms with Crippen molar-refractivity contribution in [1.29, 1.82) is 0 Å². The van der Waals surface area contributed by atoms with Gasteiger partial charge in [-0.3, -0.25) is 19.3 Å². The van der Waals surface area contributed by atoms with Crippen molar-refractivity contribution in [2.75, 3.05) is 0 Å². The van der Waals surface area contributed by atoms with Gasteiger partial charge in [0.1, 0.15) is 0 Å². The van der Waals surface area contributed by atoms with Crippen LogP contribution in [0.2, 0.25) is 0 Å². The van der Waals surface area contributed by atoms with E-state index in [-0.39, 0.29) is 40.8 Å². The van der Waals surface area contributed by atoms with E-state index in [1.807, 2.05) is 4.90 Å². The molecule has 0 N–H and O–H groups in total. The van der Waals surface area contributed by atoms with Gasteiger partial charge in [-0.25, -0.2) is 0 Å². The molecular formula is C27H48N2O3. The number of hydrogen-bond acceptors (Lipinski definition) is 3. The Morgan fingerprint density at radius 3 is 1.78 bits per heavy atom. The number of amides is 3. The lowest BCUT2D eigenvalue weighted by atomic mass is 9.76. The number of hydrogen-bond donors (Lipinski definition) is 0. The lowest BCUT2D eigenvalue weighted by Crippen LogP contribution is -2.66. The molecule has 3 amide bonds. The molecule has 0 bridgehead atoms. The van der Waals surface area contributed by atoms with Gasteiger partial charge in [-0.2, -0.15) is 0 Å². The van der Waals surface area contributed by atoms with E-state index in [1.165, 1.54) is 51.4 Å². The third-order valence-electron chi connectivity index (χ3n) is 7.54. The molecule has 0 aromatic carbocycles. The average Bonchev–Trinajstić information content (AvgIpc) is 2.94. The molecule has 2 saturated heterocycles.